The molecular weight excluding hydrogens is 374 g/mol. The Hall–Kier alpha value is -2.93. The molecular formula is C19H15ClF2N4O. The van der Waals surface area contributed by atoms with E-state index in [1.807, 2.05) is 37.3 Å². The third-order valence-electron chi connectivity index (χ3n) is 4.28. The summed E-state index contributed by atoms with van der Waals surface area (Å²) in [6.45, 7) is -0.936. The molecule has 0 unspecified atom stereocenters. The van der Waals surface area contributed by atoms with Crippen LogP contribution >= 0.6 is 11.6 Å². The number of allylic oxidation sites excluding steroid dienone is 1. The Bertz CT molecular complexity index is 1000. The van der Waals surface area contributed by atoms with Crippen LogP contribution in [0.2, 0.25) is 5.02 Å². The van der Waals surface area contributed by atoms with Gasteiger partial charge in [-0.1, -0.05) is 41.4 Å². The molecule has 0 saturated carbocycles. The number of aryl methyl sites for hydroxylation is 1. The molecule has 27 heavy (non-hydrogen) atoms. The topological polar surface area (TPSA) is 52.0 Å². The van der Waals surface area contributed by atoms with Crippen molar-refractivity contribution < 1.29 is 13.5 Å². The number of halogens is 3. The maximum atomic E-state index is 12.9. The molecule has 4 rings (SSSR count). The summed E-state index contributed by atoms with van der Waals surface area (Å²) in [4.78, 5) is 4.22. The highest BCUT2D eigenvalue weighted by Gasteiger charge is 2.27. The van der Waals surface area contributed by atoms with Crippen molar-refractivity contribution in [3.63, 3.8) is 0 Å². The van der Waals surface area contributed by atoms with Gasteiger partial charge in [0.2, 0.25) is 5.95 Å². The molecule has 1 aliphatic rings. The van der Waals surface area contributed by atoms with Gasteiger partial charge in [-0.25, -0.2) is 4.68 Å². The number of hydrogen-bond donors (Lipinski definition) is 1. The number of nitrogens with zero attached hydrogens (tertiary/aromatic N) is 3. The van der Waals surface area contributed by atoms with Gasteiger partial charge in [0.05, 0.1) is 0 Å². The second-order valence-corrected chi connectivity index (χ2v) is 6.54. The second kappa shape index (κ2) is 7.00. The lowest BCUT2D eigenvalue weighted by Crippen LogP contribution is -2.21. The molecule has 2 heterocycles. The van der Waals surface area contributed by atoms with Crippen molar-refractivity contribution in [1.82, 2.24) is 14.8 Å². The quantitative estimate of drug-likeness (QED) is 0.690. The van der Waals surface area contributed by atoms with E-state index >= 15 is 0 Å². The Morgan fingerprint density at radius 1 is 1.19 bits per heavy atom. The third kappa shape index (κ3) is 3.50. The number of nitrogens with one attached hydrogen (secondary N) is 1. The van der Waals surface area contributed by atoms with Crippen molar-refractivity contribution in [1.29, 1.82) is 0 Å². The summed E-state index contributed by atoms with van der Waals surface area (Å²) in [5.41, 5.74) is 3.35. The number of ether oxygens (including phenoxy) is 1. The number of rotatable bonds is 4. The standard InChI is InChI=1S/C19H15ClF2N4O/c1-11-2-4-12(5-3-11)15-9-16(26-19(25-15)23-10-24-26)14-8-13(20)6-7-17(14)27-18(21)22/h2-10,16,18H,1H3,(H,23,24,25)/t16-/m0/s1. The highest BCUT2D eigenvalue weighted by Crippen LogP contribution is 2.37. The normalized spacial score (nSPS) is 15.9. The number of anilines is 1. The van der Waals surface area contributed by atoms with Gasteiger partial charge >= 0.3 is 6.61 Å². The van der Waals surface area contributed by atoms with Crippen LogP contribution in [0, 0.1) is 6.92 Å². The maximum absolute atomic E-state index is 12.9. The molecule has 0 aliphatic carbocycles. The predicted molar refractivity (Wildman–Crippen MR) is 99.0 cm³/mol. The molecule has 8 heteroatoms. The minimum atomic E-state index is -2.94. The molecule has 1 atom stereocenters. The highest BCUT2D eigenvalue weighted by atomic mass is 35.5. The number of benzene rings is 2. The van der Waals surface area contributed by atoms with Gasteiger partial charge in [0.1, 0.15) is 18.1 Å². The SMILES string of the molecule is Cc1ccc(C2=C[C@@H](c3cc(Cl)ccc3OC(F)F)n3ncnc3N2)cc1. The fourth-order valence-corrected chi connectivity index (χ4v) is 3.19. The van der Waals surface area contributed by atoms with E-state index in [1.54, 1.807) is 10.7 Å². The number of alkyl halides is 2. The van der Waals surface area contributed by atoms with E-state index in [9.17, 15) is 8.78 Å². The fourth-order valence-electron chi connectivity index (χ4n) is 3.01. The molecule has 1 N–H and O–H groups in total. The predicted octanol–water partition coefficient (Wildman–Crippen LogP) is 4.90. The molecule has 0 bridgehead atoms. The van der Waals surface area contributed by atoms with E-state index < -0.39 is 12.7 Å². The lowest BCUT2D eigenvalue weighted by Gasteiger charge is -2.26. The van der Waals surface area contributed by atoms with Crippen LogP contribution in [0.4, 0.5) is 14.7 Å². The molecule has 0 amide bonds. The average molecular weight is 389 g/mol. The van der Waals surface area contributed by atoms with E-state index in [4.69, 9.17) is 16.3 Å². The Morgan fingerprint density at radius 2 is 1.96 bits per heavy atom. The summed E-state index contributed by atoms with van der Waals surface area (Å²) in [6.07, 6.45) is 3.29. The van der Waals surface area contributed by atoms with E-state index in [0.717, 1.165) is 16.8 Å². The van der Waals surface area contributed by atoms with Gasteiger partial charge < -0.3 is 10.1 Å². The minimum absolute atomic E-state index is 0.0438. The van der Waals surface area contributed by atoms with Crippen LogP contribution in [0.15, 0.2) is 54.9 Å². The van der Waals surface area contributed by atoms with Crippen molar-refractivity contribution in [3.05, 3.63) is 76.6 Å². The molecule has 3 aromatic rings. The Balaban J connectivity index is 1.83. The van der Waals surface area contributed by atoms with Gasteiger partial charge in [0, 0.05) is 16.3 Å². The summed E-state index contributed by atoms with van der Waals surface area (Å²) >= 11 is 6.12. The van der Waals surface area contributed by atoms with Crippen LogP contribution in [0.1, 0.15) is 22.7 Å². The van der Waals surface area contributed by atoms with Crippen LogP contribution < -0.4 is 10.1 Å². The second-order valence-electron chi connectivity index (χ2n) is 6.11. The van der Waals surface area contributed by atoms with E-state index in [0.29, 0.717) is 16.5 Å². The van der Waals surface area contributed by atoms with Gasteiger partial charge in [-0.3, -0.25) is 0 Å². The zero-order valence-electron chi connectivity index (χ0n) is 14.2. The first kappa shape index (κ1) is 17.5. The largest absolute Gasteiger partial charge is 0.434 e. The first-order valence-electron chi connectivity index (χ1n) is 8.21. The summed E-state index contributed by atoms with van der Waals surface area (Å²) in [5, 5.41) is 7.85. The van der Waals surface area contributed by atoms with Gasteiger partial charge in [0.25, 0.3) is 0 Å². The van der Waals surface area contributed by atoms with Crippen molar-refractivity contribution >= 4 is 23.2 Å². The van der Waals surface area contributed by atoms with Crippen LogP contribution in [0.25, 0.3) is 5.70 Å². The van der Waals surface area contributed by atoms with Crippen LogP contribution in [0.3, 0.4) is 0 Å². The van der Waals surface area contributed by atoms with Crippen LogP contribution in [-0.2, 0) is 0 Å². The van der Waals surface area contributed by atoms with Crippen LogP contribution in [-0.4, -0.2) is 21.4 Å². The first-order valence-corrected chi connectivity index (χ1v) is 8.59. The number of aromatic nitrogens is 3. The molecule has 5 nitrogen and oxygen atoms in total. The van der Waals surface area contributed by atoms with Crippen molar-refractivity contribution in [2.45, 2.75) is 19.6 Å². The van der Waals surface area contributed by atoms with Gasteiger partial charge in [-0.15, -0.1) is 0 Å². The Morgan fingerprint density at radius 3 is 2.70 bits per heavy atom. The number of fused-ring (bicyclic) bond motifs is 1. The smallest absolute Gasteiger partial charge is 0.387 e. The molecule has 2 aromatic carbocycles. The Labute approximate surface area is 159 Å². The summed E-state index contributed by atoms with van der Waals surface area (Å²) in [7, 11) is 0. The summed E-state index contributed by atoms with van der Waals surface area (Å²) in [6, 6.07) is 12.0. The molecule has 1 aliphatic heterocycles. The maximum Gasteiger partial charge on any atom is 0.387 e. The average Bonchev–Trinajstić information content (AvgIpc) is 3.11. The van der Waals surface area contributed by atoms with Gasteiger partial charge in [-0.2, -0.15) is 18.9 Å². The van der Waals surface area contributed by atoms with Crippen LogP contribution in [0.5, 0.6) is 5.75 Å². The van der Waals surface area contributed by atoms with Crippen molar-refractivity contribution in [2.75, 3.05) is 5.32 Å². The molecule has 1 aromatic heterocycles. The molecule has 0 fully saturated rings. The lowest BCUT2D eigenvalue weighted by molar-refractivity contribution is -0.0506. The fraction of sp³-hybridized carbons (Fsp3) is 0.158. The molecule has 0 radical (unpaired) electrons. The zero-order valence-corrected chi connectivity index (χ0v) is 15.0. The molecule has 0 spiro atoms. The minimum Gasteiger partial charge on any atom is -0.434 e. The third-order valence-corrected chi connectivity index (χ3v) is 4.51. The highest BCUT2D eigenvalue weighted by molar-refractivity contribution is 6.30. The van der Waals surface area contributed by atoms with Crippen molar-refractivity contribution in [2.24, 2.45) is 0 Å². The zero-order chi connectivity index (χ0) is 19.0. The number of hydrogen-bond acceptors (Lipinski definition) is 4. The van der Waals surface area contributed by atoms with Gasteiger partial charge in [-0.05, 0) is 36.8 Å². The monoisotopic (exact) mass is 388 g/mol. The van der Waals surface area contributed by atoms with E-state index in [-0.39, 0.29) is 5.75 Å². The Kier molecular flexibility index (Phi) is 4.53. The lowest BCUT2D eigenvalue weighted by atomic mass is 10.0. The van der Waals surface area contributed by atoms with E-state index in [1.165, 1.54) is 18.5 Å². The molecule has 138 valence electrons. The molecule has 0 saturated heterocycles. The van der Waals surface area contributed by atoms with Gasteiger partial charge in [0.15, 0.2) is 0 Å². The first-order chi connectivity index (χ1) is 13.0. The summed E-state index contributed by atoms with van der Waals surface area (Å²) in [5.74, 6) is 0.545. The summed E-state index contributed by atoms with van der Waals surface area (Å²) < 4.78 is 32.0. The van der Waals surface area contributed by atoms with Crippen molar-refractivity contribution in [3.8, 4) is 5.75 Å². The van der Waals surface area contributed by atoms with E-state index in [2.05, 4.69) is 15.4 Å².